The van der Waals surface area contributed by atoms with Crippen molar-refractivity contribution < 1.29 is 9.59 Å². The Morgan fingerprint density at radius 2 is 2.28 bits per heavy atom. The minimum atomic E-state index is -0.177. The number of allylic oxidation sites excluding steroid dienone is 3. The summed E-state index contributed by atoms with van der Waals surface area (Å²) in [5, 5.41) is 5.58. The van der Waals surface area contributed by atoms with Crippen LogP contribution in [-0.2, 0) is 9.59 Å². The Morgan fingerprint density at radius 1 is 1.50 bits per heavy atom. The molecule has 0 saturated carbocycles. The number of aryl methyl sites for hydroxylation is 1. The SMILES string of the molecule is CC(=O)CNC(=O)C1=CC(c2csc(C)n2)=CC1. The molecule has 0 saturated heterocycles. The normalized spacial score (nSPS) is 14.1. The summed E-state index contributed by atoms with van der Waals surface area (Å²) in [6.07, 6.45) is 4.41. The van der Waals surface area contributed by atoms with Gasteiger partial charge in [-0.3, -0.25) is 9.59 Å². The van der Waals surface area contributed by atoms with Crippen molar-refractivity contribution in [1.29, 1.82) is 0 Å². The lowest BCUT2D eigenvalue weighted by Gasteiger charge is -2.02. The lowest BCUT2D eigenvalue weighted by Crippen LogP contribution is -2.29. The van der Waals surface area contributed by atoms with Gasteiger partial charge in [0, 0.05) is 11.0 Å². The van der Waals surface area contributed by atoms with Crippen LogP contribution in [0.15, 0.2) is 23.1 Å². The first-order chi connectivity index (χ1) is 8.56. The largest absolute Gasteiger partial charge is 0.345 e. The van der Waals surface area contributed by atoms with Crippen LogP contribution in [0.25, 0.3) is 5.57 Å². The minimum absolute atomic E-state index is 0.0507. The Hall–Kier alpha value is -1.75. The molecule has 0 bridgehead atoms. The van der Waals surface area contributed by atoms with Crippen LogP contribution in [0.5, 0.6) is 0 Å². The molecule has 1 heterocycles. The summed E-state index contributed by atoms with van der Waals surface area (Å²) in [6.45, 7) is 3.49. The quantitative estimate of drug-likeness (QED) is 0.901. The second-order valence-electron chi connectivity index (χ2n) is 4.17. The van der Waals surface area contributed by atoms with Gasteiger partial charge in [-0.05, 0) is 31.9 Å². The average molecular weight is 262 g/mol. The van der Waals surface area contributed by atoms with Gasteiger partial charge in [-0.2, -0.15) is 0 Å². The van der Waals surface area contributed by atoms with Crippen LogP contribution in [0.3, 0.4) is 0 Å². The standard InChI is InChI=1S/C13H14N2O2S/c1-8(16)6-14-13(17)11-4-3-10(5-11)12-7-18-9(2)15-12/h3,5,7H,4,6H2,1-2H3,(H,14,17). The third kappa shape index (κ3) is 2.92. The number of hydrogen-bond acceptors (Lipinski definition) is 4. The third-order valence-electron chi connectivity index (χ3n) is 2.58. The van der Waals surface area contributed by atoms with Gasteiger partial charge >= 0.3 is 0 Å². The molecule has 1 aliphatic rings. The fraction of sp³-hybridized carbons (Fsp3) is 0.308. The highest BCUT2D eigenvalue weighted by atomic mass is 32.1. The number of aromatic nitrogens is 1. The van der Waals surface area contributed by atoms with Gasteiger partial charge in [0.2, 0.25) is 5.91 Å². The van der Waals surface area contributed by atoms with Crippen LogP contribution in [0, 0.1) is 6.92 Å². The smallest absolute Gasteiger partial charge is 0.247 e. The maximum Gasteiger partial charge on any atom is 0.247 e. The van der Waals surface area contributed by atoms with Crippen molar-refractivity contribution in [3.8, 4) is 0 Å². The lowest BCUT2D eigenvalue weighted by atomic mass is 10.2. The second-order valence-corrected chi connectivity index (χ2v) is 5.23. The van der Waals surface area contributed by atoms with E-state index in [2.05, 4.69) is 10.3 Å². The highest BCUT2D eigenvalue weighted by molar-refractivity contribution is 7.09. The van der Waals surface area contributed by atoms with Crippen LogP contribution >= 0.6 is 11.3 Å². The number of Topliss-reactive ketones (excluding diaryl/α,β-unsaturated/α-hetero) is 1. The molecule has 0 fully saturated rings. The summed E-state index contributed by atoms with van der Waals surface area (Å²) >= 11 is 1.59. The molecule has 4 nitrogen and oxygen atoms in total. The Kier molecular flexibility index (Phi) is 3.72. The van der Waals surface area contributed by atoms with Crippen molar-refractivity contribution in [1.82, 2.24) is 10.3 Å². The van der Waals surface area contributed by atoms with E-state index in [-0.39, 0.29) is 18.2 Å². The highest BCUT2D eigenvalue weighted by Crippen LogP contribution is 2.27. The summed E-state index contributed by atoms with van der Waals surface area (Å²) in [7, 11) is 0. The van der Waals surface area contributed by atoms with Crippen molar-refractivity contribution in [3.05, 3.63) is 33.8 Å². The summed E-state index contributed by atoms with van der Waals surface area (Å²) in [6, 6.07) is 0. The number of amides is 1. The van der Waals surface area contributed by atoms with Gasteiger partial charge < -0.3 is 5.32 Å². The lowest BCUT2D eigenvalue weighted by molar-refractivity contribution is -0.122. The number of carbonyl (C=O) groups is 2. The molecule has 0 aromatic carbocycles. The molecule has 1 aromatic heterocycles. The van der Waals surface area contributed by atoms with Crippen LogP contribution in [-0.4, -0.2) is 23.2 Å². The molecule has 0 atom stereocenters. The monoisotopic (exact) mass is 262 g/mol. The van der Waals surface area contributed by atoms with E-state index in [9.17, 15) is 9.59 Å². The van der Waals surface area contributed by atoms with Crippen LogP contribution in [0.1, 0.15) is 24.0 Å². The fourth-order valence-corrected chi connectivity index (χ4v) is 2.30. The number of nitrogens with zero attached hydrogens (tertiary/aromatic N) is 1. The van der Waals surface area contributed by atoms with Gasteiger partial charge in [0.05, 0.1) is 17.2 Å². The molecule has 0 spiro atoms. The van der Waals surface area contributed by atoms with Gasteiger partial charge in [0.25, 0.3) is 0 Å². The number of ketones is 1. The second kappa shape index (κ2) is 5.27. The predicted octanol–water partition coefficient (Wildman–Crippen LogP) is 1.87. The molecule has 1 amide bonds. The van der Waals surface area contributed by atoms with Gasteiger partial charge in [-0.25, -0.2) is 4.98 Å². The topological polar surface area (TPSA) is 59.1 Å². The molecule has 5 heteroatoms. The maximum absolute atomic E-state index is 11.7. The number of carbonyl (C=O) groups excluding carboxylic acids is 2. The number of nitrogens with one attached hydrogen (secondary N) is 1. The van der Waals surface area contributed by atoms with Crippen molar-refractivity contribution >= 4 is 28.6 Å². The molecule has 0 radical (unpaired) electrons. The van der Waals surface area contributed by atoms with Crippen molar-refractivity contribution in [2.24, 2.45) is 0 Å². The summed E-state index contributed by atoms with van der Waals surface area (Å²) in [4.78, 5) is 26.9. The molecule has 1 aliphatic carbocycles. The number of thiazole rings is 1. The van der Waals surface area contributed by atoms with Crippen LogP contribution in [0.4, 0.5) is 0 Å². The molecule has 0 aliphatic heterocycles. The van der Waals surface area contributed by atoms with Crippen molar-refractivity contribution in [2.45, 2.75) is 20.3 Å². The van der Waals surface area contributed by atoms with Crippen molar-refractivity contribution in [3.63, 3.8) is 0 Å². The summed E-state index contributed by atoms with van der Waals surface area (Å²) < 4.78 is 0. The minimum Gasteiger partial charge on any atom is -0.345 e. The Labute approximate surface area is 109 Å². The van der Waals surface area contributed by atoms with Crippen LogP contribution in [0.2, 0.25) is 0 Å². The fourth-order valence-electron chi connectivity index (χ4n) is 1.68. The zero-order valence-electron chi connectivity index (χ0n) is 10.3. The maximum atomic E-state index is 11.7. The van der Waals surface area contributed by atoms with Gasteiger partial charge in [0.15, 0.2) is 0 Å². The molecule has 18 heavy (non-hydrogen) atoms. The number of hydrogen-bond donors (Lipinski definition) is 1. The van der Waals surface area contributed by atoms with Gasteiger partial charge in [-0.15, -0.1) is 11.3 Å². The molecule has 1 aromatic rings. The van der Waals surface area contributed by atoms with E-state index in [1.165, 1.54) is 6.92 Å². The molecule has 2 rings (SSSR count). The first-order valence-electron chi connectivity index (χ1n) is 5.67. The Morgan fingerprint density at radius 3 is 2.89 bits per heavy atom. The zero-order chi connectivity index (χ0) is 13.1. The molecular formula is C13H14N2O2S. The number of rotatable bonds is 4. The van der Waals surface area contributed by atoms with E-state index < -0.39 is 0 Å². The van der Waals surface area contributed by atoms with E-state index >= 15 is 0 Å². The first-order valence-corrected chi connectivity index (χ1v) is 6.55. The molecule has 0 unspecified atom stereocenters. The van der Waals surface area contributed by atoms with E-state index in [1.54, 1.807) is 11.3 Å². The predicted molar refractivity (Wildman–Crippen MR) is 71.2 cm³/mol. The van der Waals surface area contributed by atoms with Crippen molar-refractivity contribution in [2.75, 3.05) is 6.54 Å². The molecule has 1 N–H and O–H groups in total. The van der Waals surface area contributed by atoms with Crippen LogP contribution < -0.4 is 5.32 Å². The molecular weight excluding hydrogens is 248 g/mol. The van der Waals surface area contributed by atoms with E-state index in [4.69, 9.17) is 0 Å². The molecule has 94 valence electrons. The third-order valence-corrected chi connectivity index (χ3v) is 3.35. The van der Waals surface area contributed by atoms with Gasteiger partial charge in [0.1, 0.15) is 5.78 Å². The average Bonchev–Trinajstić information content (AvgIpc) is 2.93. The first kappa shape index (κ1) is 12.7. The van der Waals surface area contributed by atoms with E-state index in [0.29, 0.717) is 12.0 Å². The highest BCUT2D eigenvalue weighted by Gasteiger charge is 2.16. The zero-order valence-corrected chi connectivity index (χ0v) is 11.1. The van der Waals surface area contributed by atoms with E-state index in [0.717, 1.165) is 16.3 Å². The Bertz CT molecular complexity index is 555. The van der Waals surface area contributed by atoms with Gasteiger partial charge in [-0.1, -0.05) is 6.08 Å². The van der Waals surface area contributed by atoms with E-state index in [1.807, 2.05) is 24.5 Å². The Balaban J connectivity index is 2.02. The summed E-state index contributed by atoms with van der Waals surface area (Å²) in [5.41, 5.74) is 2.57. The summed E-state index contributed by atoms with van der Waals surface area (Å²) in [5.74, 6) is -0.228.